The van der Waals surface area contributed by atoms with Gasteiger partial charge in [-0.25, -0.2) is 4.79 Å². The van der Waals surface area contributed by atoms with Crippen LogP contribution in [-0.4, -0.2) is 65.6 Å². The van der Waals surface area contributed by atoms with Gasteiger partial charge in [-0.2, -0.15) is 13.2 Å². The summed E-state index contributed by atoms with van der Waals surface area (Å²) in [7, 11) is 0. The Balaban J connectivity index is 0.000000246. The molecule has 1 aliphatic carbocycles. The third-order valence-electron chi connectivity index (χ3n) is 3.39. The van der Waals surface area contributed by atoms with Crippen molar-refractivity contribution in [3.05, 3.63) is 0 Å². The maximum Gasteiger partial charge on any atom is 0.490 e. The van der Waals surface area contributed by atoms with E-state index in [0.717, 1.165) is 31.7 Å². The van der Waals surface area contributed by atoms with Crippen LogP contribution in [-0.2, 0) is 4.79 Å². The van der Waals surface area contributed by atoms with Crippen molar-refractivity contribution in [3.8, 4) is 0 Å². The largest absolute Gasteiger partial charge is 0.490 e. The summed E-state index contributed by atoms with van der Waals surface area (Å²) in [6.07, 6.45) is 0.140. The van der Waals surface area contributed by atoms with E-state index in [4.69, 9.17) is 15.0 Å². The SMILES string of the molecule is O=C(O)C(F)(F)F.OCCN(C1CCNCC1)C1CC1. The molecule has 1 aliphatic heterocycles. The lowest BCUT2D eigenvalue weighted by Crippen LogP contribution is -2.45. The van der Waals surface area contributed by atoms with Crippen LogP contribution in [0, 0.1) is 0 Å². The topological polar surface area (TPSA) is 72.8 Å². The minimum Gasteiger partial charge on any atom is -0.475 e. The molecule has 2 fully saturated rings. The summed E-state index contributed by atoms with van der Waals surface area (Å²) in [5, 5.41) is 19.5. The van der Waals surface area contributed by atoms with Crippen LogP contribution >= 0.6 is 0 Å². The predicted molar refractivity (Wildman–Crippen MR) is 66.4 cm³/mol. The van der Waals surface area contributed by atoms with Gasteiger partial charge < -0.3 is 15.5 Å². The van der Waals surface area contributed by atoms with Crippen molar-refractivity contribution < 1.29 is 28.2 Å². The molecular formula is C12H21F3N2O3. The van der Waals surface area contributed by atoms with Gasteiger partial charge >= 0.3 is 12.1 Å². The van der Waals surface area contributed by atoms with Crippen molar-refractivity contribution in [2.75, 3.05) is 26.2 Å². The lowest BCUT2D eigenvalue weighted by atomic mass is 10.0. The maximum atomic E-state index is 10.6. The summed E-state index contributed by atoms with van der Waals surface area (Å²) < 4.78 is 31.7. The second-order valence-corrected chi connectivity index (χ2v) is 4.98. The van der Waals surface area contributed by atoms with Crippen LogP contribution < -0.4 is 5.32 Å². The molecule has 1 heterocycles. The quantitative estimate of drug-likeness (QED) is 0.717. The molecule has 0 aromatic carbocycles. The number of hydrogen-bond donors (Lipinski definition) is 3. The number of aliphatic hydroxyl groups excluding tert-OH is 1. The Hall–Kier alpha value is -0.860. The third-order valence-corrected chi connectivity index (χ3v) is 3.39. The van der Waals surface area contributed by atoms with Crippen molar-refractivity contribution in [3.63, 3.8) is 0 Å². The second kappa shape index (κ2) is 7.80. The molecule has 0 amide bonds. The summed E-state index contributed by atoms with van der Waals surface area (Å²) >= 11 is 0. The Morgan fingerprint density at radius 2 is 1.60 bits per heavy atom. The van der Waals surface area contributed by atoms with Crippen LogP contribution in [0.4, 0.5) is 13.2 Å². The Labute approximate surface area is 115 Å². The van der Waals surface area contributed by atoms with E-state index in [1.54, 1.807) is 0 Å². The molecule has 1 saturated heterocycles. The zero-order valence-corrected chi connectivity index (χ0v) is 11.2. The summed E-state index contributed by atoms with van der Waals surface area (Å²) in [6.45, 7) is 3.51. The van der Waals surface area contributed by atoms with E-state index in [9.17, 15) is 13.2 Å². The van der Waals surface area contributed by atoms with Crippen LogP contribution in [0.1, 0.15) is 25.7 Å². The summed E-state index contributed by atoms with van der Waals surface area (Å²) in [5.41, 5.74) is 0. The number of rotatable bonds is 4. The Kier molecular flexibility index (Phi) is 6.70. The van der Waals surface area contributed by atoms with E-state index in [2.05, 4.69) is 10.2 Å². The van der Waals surface area contributed by atoms with Crippen molar-refractivity contribution in [2.45, 2.75) is 43.9 Å². The van der Waals surface area contributed by atoms with Gasteiger partial charge in [0, 0.05) is 18.6 Å². The molecule has 2 rings (SSSR count). The fourth-order valence-electron chi connectivity index (χ4n) is 2.32. The van der Waals surface area contributed by atoms with Crippen LogP contribution in [0.2, 0.25) is 0 Å². The van der Waals surface area contributed by atoms with Gasteiger partial charge in [-0.1, -0.05) is 0 Å². The van der Waals surface area contributed by atoms with E-state index in [1.807, 2.05) is 0 Å². The van der Waals surface area contributed by atoms with Gasteiger partial charge in [-0.3, -0.25) is 4.90 Å². The van der Waals surface area contributed by atoms with E-state index in [-0.39, 0.29) is 0 Å². The third kappa shape index (κ3) is 6.06. The smallest absolute Gasteiger partial charge is 0.475 e. The Morgan fingerprint density at radius 1 is 1.15 bits per heavy atom. The fraction of sp³-hybridized carbons (Fsp3) is 0.917. The van der Waals surface area contributed by atoms with E-state index in [1.165, 1.54) is 25.7 Å². The van der Waals surface area contributed by atoms with Crippen LogP contribution in [0.3, 0.4) is 0 Å². The van der Waals surface area contributed by atoms with Gasteiger partial charge in [-0.05, 0) is 38.8 Å². The number of aliphatic hydroxyl groups is 1. The molecule has 0 bridgehead atoms. The first-order chi connectivity index (χ1) is 9.36. The van der Waals surface area contributed by atoms with Crippen molar-refractivity contribution in [2.24, 2.45) is 0 Å². The van der Waals surface area contributed by atoms with Crippen molar-refractivity contribution in [1.29, 1.82) is 0 Å². The van der Waals surface area contributed by atoms with Crippen LogP contribution in [0.25, 0.3) is 0 Å². The minimum absolute atomic E-state index is 0.320. The fourth-order valence-corrected chi connectivity index (χ4v) is 2.32. The molecule has 0 spiro atoms. The molecule has 0 aromatic heterocycles. The molecule has 0 atom stereocenters. The predicted octanol–water partition coefficient (Wildman–Crippen LogP) is 0.828. The number of carbonyl (C=O) groups is 1. The molecule has 0 unspecified atom stereocenters. The Bertz CT molecular complexity index is 303. The number of alkyl halides is 3. The molecule has 118 valence electrons. The number of halogens is 3. The van der Waals surface area contributed by atoms with E-state index < -0.39 is 12.1 Å². The average molecular weight is 298 g/mol. The van der Waals surface area contributed by atoms with Gasteiger partial charge in [0.2, 0.25) is 0 Å². The van der Waals surface area contributed by atoms with Gasteiger partial charge in [-0.15, -0.1) is 0 Å². The van der Waals surface area contributed by atoms with Gasteiger partial charge in [0.25, 0.3) is 0 Å². The number of aliphatic carboxylic acids is 1. The van der Waals surface area contributed by atoms with Crippen molar-refractivity contribution >= 4 is 5.97 Å². The first kappa shape index (κ1) is 17.2. The number of carboxylic acids is 1. The number of nitrogens with zero attached hydrogens (tertiary/aromatic N) is 1. The molecule has 1 saturated carbocycles. The highest BCUT2D eigenvalue weighted by atomic mass is 19.4. The summed E-state index contributed by atoms with van der Waals surface area (Å²) in [6, 6.07) is 1.54. The summed E-state index contributed by atoms with van der Waals surface area (Å²) in [5.74, 6) is -2.76. The highest BCUT2D eigenvalue weighted by Gasteiger charge is 2.38. The molecule has 0 aromatic rings. The molecule has 2 aliphatic rings. The number of hydrogen-bond acceptors (Lipinski definition) is 4. The second-order valence-electron chi connectivity index (χ2n) is 4.98. The number of carboxylic acid groups (broad SMARTS) is 1. The molecule has 3 N–H and O–H groups in total. The summed E-state index contributed by atoms with van der Waals surface area (Å²) in [4.78, 5) is 11.4. The molecule has 20 heavy (non-hydrogen) atoms. The average Bonchev–Trinajstić information content (AvgIpc) is 3.21. The maximum absolute atomic E-state index is 10.6. The monoisotopic (exact) mass is 298 g/mol. The molecular weight excluding hydrogens is 277 g/mol. The molecule has 0 radical (unpaired) electrons. The lowest BCUT2D eigenvalue weighted by Gasteiger charge is -2.34. The highest BCUT2D eigenvalue weighted by molar-refractivity contribution is 5.73. The minimum atomic E-state index is -5.08. The number of piperidine rings is 1. The standard InChI is InChI=1S/C10H20N2O.C2HF3O2/c13-8-7-12(9-1-2-9)10-3-5-11-6-4-10;3-2(4,5)1(6)7/h9-11,13H,1-8H2;(H,6,7). The Morgan fingerprint density at radius 3 is 1.95 bits per heavy atom. The zero-order valence-electron chi connectivity index (χ0n) is 11.2. The highest BCUT2D eigenvalue weighted by Crippen LogP contribution is 2.30. The number of nitrogens with one attached hydrogen (secondary N) is 1. The van der Waals surface area contributed by atoms with Crippen molar-refractivity contribution in [1.82, 2.24) is 10.2 Å². The van der Waals surface area contributed by atoms with Gasteiger partial charge in [0.15, 0.2) is 0 Å². The molecule has 5 nitrogen and oxygen atoms in total. The van der Waals surface area contributed by atoms with Crippen LogP contribution in [0.5, 0.6) is 0 Å². The first-order valence-electron chi connectivity index (χ1n) is 6.73. The van der Waals surface area contributed by atoms with Crippen LogP contribution in [0.15, 0.2) is 0 Å². The van der Waals surface area contributed by atoms with Gasteiger partial charge in [0.05, 0.1) is 6.61 Å². The van der Waals surface area contributed by atoms with E-state index in [0.29, 0.717) is 6.61 Å². The van der Waals surface area contributed by atoms with E-state index >= 15 is 0 Å². The normalized spacial score (nSPS) is 20.4. The molecule has 8 heteroatoms. The zero-order chi connectivity index (χ0) is 15.2. The first-order valence-corrected chi connectivity index (χ1v) is 6.73. The lowest BCUT2D eigenvalue weighted by molar-refractivity contribution is -0.192. The van der Waals surface area contributed by atoms with Gasteiger partial charge in [0.1, 0.15) is 0 Å².